The maximum Gasteiger partial charge on any atom is -0.00546 e. The summed E-state index contributed by atoms with van der Waals surface area (Å²) < 4.78 is 0. The molecule has 0 radical (unpaired) electrons. The van der Waals surface area contributed by atoms with Crippen LogP contribution in [0.2, 0.25) is 0 Å². The molecule has 0 heterocycles. The molecule has 0 spiro atoms. The topological polar surface area (TPSA) is 12.0 Å². The predicted molar refractivity (Wildman–Crippen MR) is 38.1 cm³/mol. The van der Waals surface area contributed by atoms with Crippen LogP contribution < -0.4 is 5.32 Å². The van der Waals surface area contributed by atoms with Gasteiger partial charge in [0.1, 0.15) is 0 Å². The molecule has 0 saturated heterocycles. The molecule has 8 heavy (non-hydrogen) atoms. The Kier molecular flexibility index (Phi) is 6.93. The molecule has 0 atom stereocenters. The van der Waals surface area contributed by atoms with E-state index < -0.39 is 0 Å². The Morgan fingerprint density at radius 1 is 1.25 bits per heavy atom. The van der Waals surface area contributed by atoms with E-state index in [9.17, 15) is 0 Å². The fourth-order valence-electron chi connectivity index (χ4n) is 0.250. The van der Waals surface area contributed by atoms with Gasteiger partial charge < -0.3 is 5.32 Å². The molecule has 1 nitrogen and oxygen atoms in total. The number of rotatable bonds is 2. The van der Waals surface area contributed by atoms with Crippen molar-refractivity contribution in [2.24, 2.45) is 0 Å². The zero-order chi connectivity index (χ0) is 6.24. The van der Waals surface area contributed by atoms with Crippen LogP contribution in [0, 0.1) is 0 Å². The lowest BCUT2D eigenvalue weighted by Gasteiger charge is -1.84. The fourth-order valence-corrected chi connectivity index (χ4v) is 0.250. The van der Waals surface area contributed by atoms with E-state index in [1.165, 1.54) is 25.7 Å². The van der Waals surface area contributed by atoms with Gasteiger partial charge in [-0.2, -0.15) is 0 Å². The summed E-state index contributed by atoms with van der Waals surface area (Å²) in [6, 6.07) is 0. The van der Waals surface area contributed by atoms with Gasteiger partial charge in [-0.3, -0.25) is 0 Å². The fraction of sp³-hybridized carbons (Fsp3) is 1.00. The maximum absolute atomic E-state index is 3.02. The molecule has 0 aromatic rings. The largest absolute Gasteiger partial charge is 0.320 e. The van der Waals surface area contributed by atoms with E-state index in [0.29, 0.717) is 0 Å². The number of hydrogen-bond acceptors (Lipinski definition) is 1. The van der Waals surface area contributed by atoms with Crippen molar-refractivity contribution in [1.29, 1.82) is 0 Å². The van der Waals surface area contributed by atoms with Crippen LogP contribution in [0.1, 0.15) is 32.6 Å². The van der Waals surface area contributed by atoms with Crippen LogP contribution in [0.15, 0.2) is 0 Å². The summed E-state index contributed by atoms with van der Waals surface area (Å²) in [5, 5.41) is 3.02. The second-order valence-electron chi connectivity index (χ2n) is 2.16. The first-order chi connectivity index (χ1) is 3.91. The quantitative estimate of drug-likeness (QED) is 0.578. The van der Waals surface area contributed by atoms with E-state index in [1.807, 2.05) is 7.05 Å². The molecule has 1 aliphatic carbocycles. The second kappa shape index (κ2) is 6.96. The zero-order valence-corrected chi connectivity index (χ0v) is 6.04. The van der Waals surface area contributed by atoms with Gasteiger partial charge in [-0.1, -0.05) is 26.2 Å². The van der Waals surface area contributed by atoms with Crippen molar-refractivity contribution in [3.8, 4) is 0 Å². The van der Waals surface area contributed by atoms with Crippen molar-refractivity contribution < 1.29 is 0 Å². The van der Waals surface area contributed by atoms with Crippen LogP contribution in [0.3, 0.4) is 0 Å². The molecule has 1 fully saturated rings. The third-order valence-corrected chi connectivity index (χ3v) is 0.854. The van der Waals surface area contributed by atoms with Crippen LogP contribution in [-0.2, 0) is 0 Å². The molecule has 0 aliphatic heterocycles. The Bertz CT molecular complexity index is 28.6. The lowest BCUT2D eigenvalue weighted by atomic mass is 10.5. The second-order valence-corrected chi connectivity index (χ2v) is 2.16. The van der Waals surface area contributed by atoms with Gasteiger partial charge in [-0.15, -0.1) is 0 Å². The Hall–Kier alpha value is -0.0400. The molecule has 0 aromatic heterocycles. The third kappa shape index (κ3) is 16.7. The average Bonchev–Trinajstić information content (AvgIpc) is 2.50. The molecule has 1 rings (SSSR count). The highest BCUT2D eigenvalue weighted by atomic mass is 14.8. The lowest BCUT2D eigenvalue weighted by Crippen LogP contribution is -2.04. The normalized spacial score (nSPS) is 14.2. The Labute approximate surface area is 52.5 Å². The molecule has 1 N–H and O–H groups in total. The SMILES string of the molecule is C1CC1.CCCNC. The molecule has 0 unspecified atom stereocenters. The predicted octanol–water partition coefficient (Wildman–Crippen LogP) is 1.79. The van der Waals surface area contributed by atoms with Gasteiger partial charge >= 0.3 is 0 Å². The molecular formula is C7H17N. The Morgan fingerprint density at radius 3 is 1.75 bits per heavy atom. The van der Waals surface area contributed by atoms with Gasteiger partial charge in [-0.05, 0) is 20.0 Å². The van der Waals surface area contributed by atoms with E-state index in [4.69, 9.17) is 0 Å². The summed E-state index contributed by atoms with van der Waals surface area (Å²) in [7, 11) is 1.96. The van der Waals surface area contributed by atoms with Gasteiger partial charge in [0.2, 0.25) is 0 Å². The number of nitrogens with one attached hydrogen (secondary N) is 1. The monoisotopic (exact) mass is 115 g/mol. The average molecular weight is 115 g/mol. The van der Waals surface area contributed by atoms with Crippen molar-refractivity contribution in [2.75, 3.05) is 13.6 Å². The summed E-state index contributed by atoms with van der Waals surface area (Å²) in [5.41, 5.74) is 0. The first kappa shape index (κ1) is 7.96. The molecule has 0 amide bonds. The minimum Gasteiger partial charge on any atom is -0.320 e. The highest BCUT2D eigenvalue weighted by Gasteiger charge is 1.95. The molecule has 0 bridgehead atoms. The number of hydrogen-bond donors (Lipinski definition) is 1. The van der Waals surface area contributed by atoms with Gasteiger partial charge in [0.05, 0.1) is 0 Å². The van der Waals surface area contributed by atoms with Crippen molar-refractivity contribution in [3.05, 3.63) is 0 Å². The Morgan fingerprint density at radius 2 is 1.75 bits per heavy atom. The Balaban J connectivity index is 0.000000135. The molecule has 0 aromatic carbocycles. The van der Waals surface area contributed by atoms with Gasteiger partial charge in [-0.25, -0.2) is 0 Å². The summed E-state index contributed by atoms with van der Waals surface area (Å²) in [5.74, 6) is 0. The lowest BCUT2D eigenvalue weighted by molar-refractivity contribution is 0.772. The zero-order valence-electron chi connectivity index (χ0n) is 6.04. The summed E-state index contributed by atoms with van der Waals surface area (Å²) in [4.78, 5) is 0. The smallest absolute Gasteiger partial charge is 0.00546 e. The van der Waals surface area contributed by atoms with E-state index in [2.05, 4.69) is 12.2 Å². The van der Waals surface area contributed by atoms with Gasteiger partial charge in [0.15, 0.2) is 0 Å². The van der Waals surface area contributed by atoms with Crippen LogP contribution >= 0.6 is 0 Å². The molecule has 50 valence electrons. The van der Waals surface area contributed by atoms with Crippen molar-refractivity contribution in [1.82, 2.24) is 5.32 Å². The summed E-state index contributed by atoms with van der Waals surface area (Å²) in [6.45, 7) is 3.29. The van der Waals surface area contributed by atoms with Gasteiger partial charge in [0, 0.05) is 0 Å². The van der Waals surface area contributed by atoms with E-state index in [1.54, 1.807) is 0 Å². The van der Waals surface area contributed by atoms with E-state index in [0.717, 1.165) is 6.54 Å². The van der Waals surface area contributed by atoms with Crippen LogP contribution in [-0.4, -0.2) is 13.6 Å². The standard InChI is InChI=1S/C4H11N.C3H6/c1-3-4-5-2;1-2-3-1/h5H,3-4H2,1-2H3;1-3H2. The molecular weight excluding hydrogens is 98.1 g/mol. The first-order valence-electron chi connectivity index (χ1n) is 3.56. The van der Waals surface area contributed by atoms with Crippen molar-refractivity contribution in [2.45, 2.75) is 32.6 Å². The van der Waals surface area contributed by atoms with Crippen LogP contribution in [0.5, 0.6) is 0 Å². The van der Waals surface area contributed by atoms with Crippen LogP contribution in [0.25, 0.3) is 0 Å². The van der Waals surface area contributed by atoms with Gasteiger partial charge in [0.25, 0.3) is 0 Å². The highest BCUT2D eigenvalue weighted by molar-refractivity contribution is 4.50. The minimum absolute atomic E-state index is 1.14. The minimum atomic E-state index is 1.14. The van der Waals surface area contributed by atoms with Crippen LogP contribution in [0.4, 0.5) is 0 Å². The molecule has 1 heteroatoms. The molecule has 1 aliphatic rings. The maximum atomic E-state index is 3.02. The highest BCUT2D eigenvalue weighted by Crippen LogP contribution is 2.14. The molecule has 1 saturated carbocycles. The summed E-state index contributed by atoms with van der Waals surface area (Å²) >= 11 is 0. The third-order valence-electron chi connectivity index (χ3n) is 0.854. The first-order valence-corrected chi connectivity index (χ1v) is 3.56. The van der Waals surface area contributed by atoms with E-state index in [-0.39, 0.29) is 0 Å². The van der Waals surface area contributed by atoms with E-state index >= 15 is 0 Å². The van der Waals surface area contributed by atoms with Crippen molar-refractivity contribution >= 4 is 0 Å². The summed E-state index contributed by atoms with van der Waals surface area (Å²) in [6.07, 6.45) is 5.73. The van der Waals surface area contributed by atoms with Crippen molar-refractivity contribution in [3.63, 3.8) is 0 Å².